The van der Waals surface area contributed by atoms with E-state index < -0.39 is 5.60 Å². The molecule has 0 bridgehead atoms. The monoisotopic (exact) mass is 128 g/mol. The van der Waals surface area contributed by atoms with Gasteiger partial charge in [0, 0.05) is 5.92 Å². The molecule has 2 unspecified atom stereocenters. The van der Waals surface area contributed by atoms with Gasteiger partial charge in [-0.1, -0.05) is 0 Å². The van der Waals surface area contributed by atoms with Gasteiger partial charge in [0.05, 0.1) is 5.60 Å². The summed E-state index contributed by atoms with van der Waals surface area (Å²) in [7, 11) is 0. The molecular formula is C7H12O2. The van der Waals surface area contributed by atoms with Crippen molar-refractivity contribution in [2.45, 2.75) is 31.8 Å². The maximum Gasteiger partial charge on any atom is 0.125 e. The van der Waals surface area contributed by atoms with Crippen LogP contribution in [-0.4, -0.2) is 17.0 Å². The first-order valence-electron chi connectivity index (χ1n) is 3.34. The molecule has 0 amide bonds. The summed E-state index contributed by atoms with van der Waals surface area (Å²) in [4.78, 5) is 10.3. The second kappa shape index (κ2) is 2.10. The summed E-state index contributed by atoms with van der Waals surface area (Å²) in [5.74, 6) is -0.113. The van der Waals surface area contributed by atoms with Crippen LogP contribution in [0.4, 0.5) is 0 Å². The normalized spacial score (nSPS) is 43.1. The number of aldehydes is 1. The average molecular weight is 128 g/mol. The Hall–Kier alpha value is -0.370. The minimum Gasteiger partial charge on any atom is -0.389 e. The maximum atomic E-state index is 10.3. The number of carbonyl (C=O) groups excluding carboxylic acids is 1. The van der Waals surface area contributed by atoms with Gasteiger partial charge in [0.2, 0.25) is 0 Å². The van der Waals surface area contributed by atoms with Crippen molar-refractivity contribution < 1.29 is 9.90 Å². The van der Waals surface area contributed by atoms with Crippen LogP contribution >= 0.6 is 0 Å². The van der Waals surface area contributed by atoms with Gasteiger partial charge in [-0.2, -0.15) is 0 Å². The van der Waals surface area contributed by atoms with Crippen LogP contribution in [0.5, 0.6) is 0 Å². The third kappa shape index (κ3) is 1.13. The van der Waals surface area contributed by atoms with E-state index in [-0.39, 0.29) is 5.92 Å². The zero-order valence-electron chi connectivity index (χ0n) is 5.63. The van der Waals surface area contributed by atoms with Crippen molar-refractivity contribution in [3.8, 4) is 0 Å². The molecule has 1 aliphatic carbocycles. The molecule has 0 spiro atoms. The Morgan fingerprint density at radius 2 is 2.44 bits per heavy atom. The highest BCUT2D eigenvalue weighted by Gasteiger charge is 2.36. The number of hydrogen-bond acceptors (Lipinski definition) is 2. The molecule has 9 heavy (non-hydrogen) atoms. The Labute approximate surface area is 54.9 Å². The summed E-state index contributed by atoms with van der Waals surface area (Å²) >= 11 is 0. The van der Waals surface area contributed by atoms with Crippen LogP contribution in [0.25, 0.3) is 0 Å². The lowest BCUT2D eigenvalue weighted by Crippen LogP contribution is -2.29. The molecule has 0 saturated heterocycles. The lowest BCUT2D eigenvalue weighted by Gasteiger charge is -2.19. The Morgan fingerprint density at radius 1 is 1.78 bits per heavy atom. The standard InChI is InChI=1S/C7H12O2/c1-7(9)4-2-3-6(7)5-8/h5-6,9H,2-4H2,1H3. The van der Waals surface area contributed by atoms with E-state index in [2.05, 4.69) is 0 Å². The summed E-state index contributed by atoms with van der Waals surface area (Å²) in [6.07, 6.45) is 3.48. The highest BCUT2D eigenvalue weighted by Crippen LogP contribution is 2.33. The molecule has 1 saturated carbocycles. The molecule has 2 atom stereocenters. The Bertz CT molecular complexity index is 118. The Kier molecular flexibility index (Phi) is 1.58. The van der Waals surface area contributed by atoms with Gasteiger partial charge >= 0.3 is 0 Å². The first-order valence-corrected chi connectivity index (χ1v) is 3.34. The number of hydrogen-bond donors (Lipinski definition) is 1. The van der Waals surface area contributed by atoms with Crippen molar-refractivity contribution in [3.05, 3.63) is 0 Å². The fraction of sp³-hybridized carbons (Fsp3) is 0.857. The van der Waals surface area contributed by atoms with Crippen molar-refractivity contribution in [2.24, 2.45) is 5.92 Å². The van der Waals surface area contributed by atoms with Crippen LogP contribution in [-0.2, 0) is 4.79 Å². The fourth-order valence-corrected chi connectivity index (χ4v) is 1.39. The highest BCUT2D eigenvalue weighted by molar-refractivity contribution is 5.56. The summed E-state index contributed by atoms with van der Waals surface area (Å²) < 4.78 is 0. The van der Waals surface area contributed by atoms with Crippen molar-refractivity contribution in [1.29, 1.82) is 0 Å². The molecule has 1 rings (SSSR count). The van der Waals surface area contributed by atoms with Gasteiger partial charge in [-0.15, -0.1) is 0 Å². The van der Waals surface area contributed by atoms with Crippen LogP contribution < -0.4 is 0 Å². The van der Waals surface area contributed by atoms with E-state index >= 15 is 0 Å². The zero-order valence-corrected chi connectivity index (χ0v) is 5.63. The van der Waals surface area contributed by atoms with Gasteiger partial charge < -0.3 is 9.90 Å². The molecule has 1 fully saturated rings. The molecule has 0 radical (unpaired) electrons. The molecule has 0 aromatic heterocycles. The molecule has 2 heteroatoms. The lowest BCUT2D eigenvalue weighted by atomic mass is 9.95. The molecule has 52 valence electrons. The van der Waals surface area contributed by atoms with Gasteiger partial charge in [0.25, 0.3) is 0 Å². The third-order valence-corrected chi connectivity index (χ3v) is 2.16. The summed E-state index contributed by atoms with van der Waals surface area (Å²) in [6.45, 7) is 1.74. The zero-order chi connectivity index (χ0) is 6.91. The van der Waals surface area contributed by atoms with Crippen LogP contribution in [0.15, 0.2) is 0 Å². The number of rotatable bonds is 1. The second-order valence-corrected chi connectivity index (χ2v) is 2.99. The molecular weight excluding hydrogens is 116 g/mol. The van der Waals surface area contributed by atoms with E-state index in [1.54, 1.807) is 6.92 Å². The van der Waals surface area contributed by atoms with Gasteiger partial charge in [0.15, 0.2) is 0 Å². The van der Waals surface area contributed by atoms with Crippen LogP contribution in [0.2, 0.25) is 0 Å². The van der Waals surface area contributed by atoms with Crippen molar-refractivity contribution in [1.82, 2.24) is 0 Å². The summed E-state index contributed by atoms with van der Waals surface area (Å²) in [6, 6.07) is 0. The van der Waals surface area contributed by atoms with E-state index in [0.717, 1.165) is 25.5 Å². The molecule has 0 heterocycles. The molecule has 0 aromatic carbocycles. The number of carbonyl (C=O) groups is 1. The predicted molar refractivity (Wildman–Crippen MR) is 34.0 cm³/mol. The predicted octanol–water partition coefficient (Wildman–Crippen LogP) is 0.736. The van der Waals surface area contributed by atoms with Crippen LogP contribution in [0.1, 0.15) is 26.2 Å². The maximum absolute atomic E-state index is 10.3. The average Bonchev–Trinajstić information content (AvgIpc) is 2.08. The van der Waals surface area contributed by atoms with E-state index in [9.17, 15) is 9.90 Å². The van der Waals surface area contributed by atoms with Crippen molar-refractivity contribution in [3.63, 3.8) is 0 Å². The summed E-state index contributed by atoms with van der Waals surface area (Å²) in [5.41, 5.74) is -0.707. The third-order valence-electron chi connectivity index (χ3n) is 2.16. The SMILES string of the molecule is CC1(O)CCCC1C=O. The van der Waals surface area contributed by atoms with E-state index in [1.807, 2.05) is 0 Å². The van der Waals surface area contributed by atoms with E-state index in [4.69, 9.17) is 0 Å². The van der Waals surface area contributed by atoms with Gasteiger partial charge in [-0.25, -0.2) is 0 Å². The Morgan fingerprint density at radius 3 is 2.67 bits per heavy atom. The molecule has 0 aliphatic heterocycles. The largest absolute Gasteiger partial charge is 0.389 e. The highest BCUT2D eigenvalue weighted by atomic mass is 16.3. The number of aliphatic hydroxyl groups is 1. The van der Waals surface area contributed by atoms with Gasteiger partial charge in [0.1, 0.15) is 6.29 Å². The van der Waals surface area contributed by atoms with Crippen molar-refractivity contribution >= 4 is 6.29 Å². The first-order chi connectivity index (χ1) is 4.17. The van der Waals surface area contributed by atoms with E-state index in [1.165, 1.54) is 0 Å². The van der Waals surface area contributed by atoms with E-state index in [0.29, 0.717) is 0 Å². The second-order valence-electron chi connectivity index (χ2n) is 2.99. The van der Waals surface area contributed by atoms with Crippen LogP contribution in [0, 0.1) is 5.92 Å². The molecule has 2 nitrogen and oxygen atoms in total. The van der Waals surface area contributed by atoms with Crippen LogP contribution in [0.3, 0.4) is 0 Å². The Balaban J connectivity index is 2.62. The quantitative estimate of drug-likeness (QED) is 0.529. The topological polar surface area (TPSA) is 37.3 Å². The minimum absolute atomic E-state index is 0.113. The minimum atomic E-state index is -0.707. The molecule has 0 aromatic rings. The fourth-order valence-electron chi connectivity index (χ4n) is 1.39. The van der Waals surface area contributed by atoms with Crippen molar-refractivity contribution in [2.75, 3.05) is 0 Å². The van der Waals surface area contributed by atoms with Gasteiger partial charge in [-0.05, 0) is 26.2 Å². The summed E-state index contributed by atoms with van der Waals surface area (Å²) in [5, 5.41) is 9.42. The first kappa shape index (κ1) is 6.75. The molecule has 1 aliphatic rings. The lowest BCUT2D eigenvalue weighted by molar-refractivity contribution is -0.116. The van der Waals surface area contributed by atoms with Gasteiger partial charge in [-0.3, -0.25) is 0 Å². The smallest absolute Gasteiger partial charge is 0.125 e. The molecule has 1 N–H and O–H groups in total.